The average molecular weight is 356 g/mol. The van der Waals surface area contributed by atoms with Crippen LogP contribution in [0.1, 0.15) is 58.3 Å². The zero-order valence-electron chi connectivity index (χ0n) is 14.0. The summed E-state index contributed by atoms with van der Waals surface area (Å²) in [5.74, 6) is 0.874. The number of rotatable bonds is 9. The summed E-state index contributed by atoms with van der Waals surface area (Å²) in [5, 5.41) is 8.41. The summed E-state index contributed by atoms with van der Waals surface area (Å²) in [5.41, 5.74) is 2.95. The molecule has 2 rings (SSSR count). The van der Waals surface area contributed by atoms with E-state index >= 15 is 0 Å². The standard InChI is InChI=1S/C17H30BrN3/c1-5-10-19-12-17(4,13-8-9-13)11-15-16(18)14(6-2)20-21(15)7-3/h13,19H,5-12H2,1-4H3. The van der Waals surface area contributed by atoms with Gasteiger partial charge in [-0.2, -0.15) is 5.10 Å². The molecule has 1 unspecified atom stereocenters. The van der Waals surface area contributed by atoms with E-state index in [0.29, 0.717) is 5.41 Å². The molecule has 4 heteroatoms. The minimum absolute atomic E-state index is 0.357. The summed E-state index contributed by atoms with van der Waals surface area (Å²) in [6.45, 7) is 12.3. The van der Waals surface area contributed by atoms with Crippen molar-refractivity contribution in [2.45, 2.75) is 66.3 Å². The van der Waals surface area contributed by atoms with Crippen molar-refractivity contribution < 1.29 is 0 Å². The van der Waals surface area contributed by atoms with Crippen LogP contribution in [0.2, 0.25) is 0 Å². The molecule has 1 aliphatic carbocycles. The Bertz CT molecular complexity index is 465. The molecule has 1 heterocycles. The Morgan fingerprint density at radius 2 is 2.05 bits per heavy atom. The third-order valence-corrected chi connectivity index (χ3v) is 5.70. The van der Waals surface area contributed by atoms with E-state index in [1.807, 2.05) is 0 Å². The Balaban J connectivity index is 2.18. The fourth-order valence-electron chi connectivity index (χ4n) is 3.25. The molecular weight excluding hydrogens is 326 g/mol. The highest BCUT2D eigenvalue weighted by Gasteiger charge is 2.42. The van der Waals surface area contributed by atoms with Crippen LogP contribution >= 0.6 is 15.9 Å². The molecular formula is C17H30BrN3. The fraction of sp³-hybridized carbons (Fsp3) is 0.824. The molecule has 1 aromatic heterocycles. The first-order valence-electron chi connectivity index (χ1n) is 8.50. The molecule has 0 saturated heterocycles. The molecule has 0 aromatic carbocycles. The zero-order chi connectivity index (χ0) is 15.5. The molecule has 0 bridgehead atoms. The van der Waals surface area contributed by atoms with E-state index < -0.39 is 0 Å². The highest BCUT2D eigenvalue weighted by Crippen LogP contribution is 2.47. The van der Waals surface area contributed by atoms with Gasteiger partial charge in [-0.1, -0.05) is 20.8 Å². The Morgan fingerprint density at radius 1 is 1.33 bits per heavy atom. The van der Waals surface area contributed by atoms with Crippen LogP contribution in [-0.2, 0) is 19.4 Å². The van der Waals surface area contributed by atoms with E-state index in [1.165, 1.54) is 35.1 Å². The molecule has 120 valence electrons. The van der Waals surface area contributed by atoms with Gasteiger partial charge in [0.25, 0.3) is 0 Å². The monoisotopic (exact) mass is 355 g/mol. The molecule has 1 saturated carbocycles. The summed E-state index contributed by atoms with van der Waals surface area (Å²) in [6.07, 6.45) is 6.10. The quantitative estimate of drug-likeness (QED) is 0.673. The summed E-state index contributed by atoms with van der Waals surface area (Å²) in [4.78, 5) is 0. The van der Waals surface area contributed by atoms with E-state index in [4.69, 9.17) is 5.10 Å². The highest BCUT2D eigenvalue weighted by molar-refractivity contribution is 9.10. The number of hydrogen-bond acceptors (Lipinski definition) is 2. The second-order valence-corrected chi connectivity index (χ2v) is 7.45. The van der Waals surface area contributed by atoms with Gasteiger partial charge in [-0.25, -0.2) is 0 Å². The summed E-state index contributed by atoms with van der Waals surface area (Å²) in [7, 11) is 0. The van der Waals surface area contributed by atoms with Crippen molar-refractivity contribution in [2.75, 3.05) is 13.1 Å². The SMILES string of the molecule is CCCNCC(C)(Cc1c(Br)c(CC)nn1CC)C1CC1. The predicted octanol–water partition coefficient (Wildman–Crippen LogP) is 4.19. The first kappa shape index (κ1) is 17.0. The smallest absolute Gasteiger partial charge is 0.0766 e. The van der Waals surface area contributed by atoms with Crippen molar-refractivity contribution in [1.82, 2.24) is 15.1 Å². The van der Waals surface area contributed by atoms with Gasteiger partial charge in [0.15, 0.2) is 0 Å². The van der Waals surface area contributed by atoms with Gasteiger partial charge >= 0.3 is 0 Å². The number of aryl methyl sites for hydroxylation is 2. The van der Waals surface area contributed by atoms with Gasteiger partial charge in [0.1, 0.15) is 0 Å². The minimum atomic E-state index is 0.357. The highest BCUT2D eigenvalue weighted by atomic mass is 79.9. The fourth-order valence-corrected chi connectivity index (χ4v) is 3.96. The van der Waals surface area contributed by atoms with Crippen LogP contribution in [0.3, 0.4) is 0 Å². The average Bonchev–Trinajstić information content (AvgIpc) is 3.28. The van der Waals surface area contributed by atoms with Crippen LogP contribution in [0.25, 0.3) is 0 Å². The van der Waals surface area contributed by atoms with Gasteiger partial charge in [0, 0.05) is 13.1 Å². The van der Waals surface area contributed by atoms with Crippen LogP contribution in [0.5, 0.6) is 0 Å². The first-order chi connectivity index (χ1) is 10.1. The van der Waals surface area contributed by atoms with Crippen molar-refractivity contribution in [1.29, 1.82) is 0 Å². The molecule has 3 nitrogen and oxygen atoms in total. The van der Waals surface area contributed by atoms with Crippen molar-refractivity contribution in [3.05, 3.63) is 15.9 Å². The molecule has 1 N–H and O–H groups in total. The van der Waals surface area contributed by atoms with Crippen LogP contribution in [0, 0.1) is 11.3 Å². The lowest BCUT2D eigenvalue weighted by Crippen LogP contribution is -2.36. The van der Waals surface area contributed by atoms with E-state index in [9.17, 15) is 0 Å². The van der Waals surface area contributed by atoms with Crippen LogP contribution in [0.4, 0.5) is 0 Å². The lowest BCUT2D eigenvalue weighted by molar-refractivity contribution is 0.249. The zero-order valence-corrected chi connectivity index (χ0v) is 15.6. The molecule has 0 spiro atoms. The van der Waals surface area contributed by atoms with Crippen LogP contribution in [-0.4, -0.2) is 22.9 Å². The van der Waals surface area contributed by atoms with Crippen molar-refractivity contribution in [3.8, 4) is 0 Å². The molecule has 1 fully saturated rings. The molecule has 0 aliphatic heterocycles. The van der Waals surface area contributed by atoms with Gasteiger partial charge in [0.05, 0.1) is 15.9 Å². The third-order valence-electron chi connectivity index (χ3n) is 4.78. The van der Waals surface area contributed by atoms with Crippen LogP contribution < -0.4 is 5.32 Å². The van der Waals surface area contributed by atoms with E-state index in [-0.39, 0.29) is 0 Å². The number of aromatic nitrogens is 2. The van der Waals surface area contributed by atoms with E-state index in [2.05, 4.69) is 53.6 Å². The Kier molecular flexibility index (Phi) is 5.89. The van der Waals surface area contributed by atoms with E-state index in [0.717, 1.165) is 38.4 Å². The van der Waals surface area contributed by atoms with Gasteiger partial charge < -0.3 is 5.32 Å². The summed E-state index contributed by atoms with van der Waals surface area (Å²) in [6, 6.07) is 0. The second-order valence-electron chi connectivity index (χ2n) is 6.66. The molecule has 1 aromatic rings. The normalized spacial score (nSPS) is 18.0. The van der Waals surface area contributed by atoms with E-state index in [1.54, 1.807) is 0 Å². The maximum absolute atomic E-state index is 4.76. The predicted molar refractivity (Wildman–Crippen MR) is 92.7 cm³/mol. The molecule has 0 radical (unpaired) electrons. The Morgan fingerprint density at radius 3 is 2.57 bits per heavy atom. The third kappa shape index (κ3) is 3.89. The van der Waals surface area contributed by atoms with Crippen molar-refractivity contribution in [3.63, 3.8) is 0 Å². The van der Waals surface area contributed by atoms with Crippen molar-refractivity contribution >= 4 is 15.9 Å². The van der Waals surface area contributed by atoms with Gasteiger partial charge in [-0.05, 0) is 72.8 Å². The molecule has 0 amide bonds. The number of nitrogens with one attached hydrogen (secondary N) is 1. The molecule has 21 heavy (non-hydrogen) atoms. The number of halogens is 1. The van der Waals surface area contributed by atoms with Gasteiger partial charge in [-0.15, -0.1) is 0 Å². The van der Waals surface area contributed by atoms with Gasteiger partial charge in [-0.3, -0.25) is 4.68 Å². The first-order valence-corrected chi connectivity index (χ1v) is 9.29. The van der Waals surface area contributed by atoms with Crippen molar-refractivity contribution in [2.24, 2.45) is 11.3 Å². The summed E-state index contributed by atoms with van der Waals surface area (Å²) < 4.78 is 3.44. The maximum Gasteiger partial charge on any atom is 0.0766 e. The Labute approximate surface area is 138 Å². The summed E-state index contributed by atoms with van der Waals surface area (Å²) >= 11 is 3.80. The number of nitrogens with zero attached hydrogens (tertiary/aromatic N) is 2. The lowest BCUT2D eigenvalue weighted by Gasteiger charge is -2.30. The topological polar surface area (TPSA) is 29.9 Å². The van der Waals surface area contributed by atoms with Gasteiger partial charge in [0.2, 0.25) is 0 Å². The largest absolute Gasteiger partial charge is 0.316 e. The maximum atomic E-state index is 4.76. The Hall–Kier alpha value is -0.350. The number of hydrogen-bond donors (Lipinski definition) is 1. The second kappa shape index (κ2) is 7.28. The van der Waals surface area contributed by atoms with Crippen LogP contribution in [0.15, 0.2) is 4.47 Å². The lowest BCUT2D eigenvalue weighted by atomic mass is 9.80. The molecule has 1 atom stereocenters. The molecule has 1 aliphatic rings. The minimum Gasteiger partial charge on any atom is -0.316 e.